The number of nitrogens with one attached hydrogen (secondary N) is 2. The van der Waals surface area contributed by atoms with Crippen LogP contribution in [0.5, 0.6) is 6.01 Å². The maximum Gasteiger partial charge on any atom is 0.434 e. The molecule has 7 nitrogen and oxygen atoms in total. The van der Waals surface area contributed by atoms with E-state index >= 15 is 0 Å². The first-order valence-electron chi connectivity index (χ1n) is 8.37. The molecule has 1 aliphatic heterocycles. The quantitative estimate of drug-likeness (QED) is 0.536. The number of hydrogen-bond acceptors (Lipinski definition) is 7. The van der Waals surface area contributed by atoms with Crippen LogP contribution in [0.4, 0.5) is 38.2 Å². The van der Waals surface area contributed by atoms with Gasteiger partial charge in [-0.05, 0) is 6.42 Å². The van der Waals surface area contributed by atoms with Crippen LogP contribution in [0.25, 0.3) is 0 Å². The number of alkyl halides is 6. The van der Waals surface area contributed by atoms with E-state index in [1.165, 1.54) is 0 Å². The Bertz CT molecular complexity index is 591. The summed E-state index contributed by atoms with van der Waals surface area (Å²) in [5, 5.41) is 5.84. The van der Waals surface area contributed by atoms with Gasteiger partial charge in [-0.1, -0.05) is 13.3 Å². The summed E-state index contributed by atoms with van der Waals surface area (Å²) in [4.78, 5) is 12.9. The molecule has 2 heterocycles. The summed E-state index contributed by atoms with van der Waals surface area (Å²) in [6.07, 6.45) is -13.8. The lowest BCUT2D eigenvalue weighted by Gasteiger charge is -2.28. The maximum atomic E-state index is 12.8. The van der Waals surface area contributed by atoms with Gasteiger partial charge in [0.05, 0.1) is 0 Å². The fraction of sp³-hybridized carbons (Fsp3) is 0.786. The Labute approximate surface area is 151 Å². The number of aromatic nitrogens is 3. The summed E-state index contributed by atoms with van der Waals surface area (Å²) in [5.41, 5.74) is 0. The number of ether oxygens (including phenoxy) is 1. The van der Waals surface area contributed by atoms with Crippen molar-refractivity contribution in [3.8, 4) is 6.01 Å². The molecular formula is C14H20F6N6O. The molecule has 1 aromatic heterocycles. The second-order valence-electron chi connectivity index (χ2n) is 5.84. The zero-order valence-electron chi connectivity index (χ0n) is 14.5. The van der Waals surface area contributed by atoms with Gasteiger partial charge in [-0.25, -0.2) is 0 Å². The van der Waals surface area contributed by atoms with Crippen molar-refractivity contribution in [1.29, 1.82) is 0 Å². The number of rotatable bonds is 7. The van der Waals surface area contributed by atoms with E-state index in [-0.39, 0.29) is 11.9 Å². The SMILES string of the molecule is CCCCNc1nc(OC(C(F)(F)F)C(F)(F)F)nc(N2CCNCC2)n1. The third-order valence-corrected chi connectivity index (χ3v) is 3.63. The number of unbranched alkanes of at least 4 members (excludes halogenated alkanes) is 1. The molecule has 0 unspecified atom stereocenters. The first-order valence-corrected chi connectivity index (χ1v) is 8.37. The van der Waals surface area contributed by atoms with Crippen molar-refractivity contribution in [2.75, 3.05) is 42.9 Å². The molecule has 13 heteroatoms. The lowest BCUT2D eigenvalue weighted by Crippen LogP contribution is -2.47. The number of piperazine rings is 1. The summed E-state index contributed by atoms with van der Waals surface area (Å²) in [7, 11) is 0. The fourth-order valence-corrected chi connectivity index (χ4v) is 2.29. The highest BCUT2D eigenvalue weighted by Crippen LogP contribution is 2.36. The van der Waals surface area contributed by atoms with Crippen LogP contribution >= 0.6 is 0 Å². The van der Waals surface area contributed by atoms with Gasteiger partial charge in [0, 0.05) is 32.7 Å². The zero-order valence-corrected chi connectivity index (χ0v) is 14.5. The van der Waals surface area contributed by atoms with E-state index in [9.17, 15) is 26.3 Å². The minimum absolute atomic E-state index is 0.0383. The topological polar surface area (TPSA) is 75.2 Å². The molecule has 154 valence electrons. The molecule has 0 bridgehead atoms. The zero-order chi connectivity index (χ0) is 20.1. The second-order valence-corrected chi connectivity index (χ2v) is 5.84. The highest BCUT2D eigenvalue weighted by molar-refractivity contribution is 5.39. The average molecular weight is 402 g/mol. The van der Waals surface area contributed by atoms with Gasteiger partial charge in [-0.2, -0.15) is 41.3 Å². The Morgan fingerprint density at radius 2 is 1.70 bits per heavy atom. The van der Waals surface area contributed by atoms with Crippen molar-refractivity contribution in [2.24, 2.45) is 0 Å². The van der Waals surface area contributed by atoms with Gasteiger partial charge in [0.2, 0.25) is 11.9 Å². The molecule has 1 fully saturated rings. The van der Waals surface area contributed by atoms with Crippen molar-refractivity contribution >= 4 is 11.9 Å². The summed E-state index contributed by atoms with van der Waals surface area (Å²) in [6.45, 7) is 4.37. The van der Waals surface area contributed by atoms with E-state index in [4.69, 9.17) is 0 Å². The predicted molar refractivity (Wildman–Crippen MR) is 84.8 cm³/mol. The largest absolute Gasteiger partial charge is 0.440 e. The second kappa shape index (κ2) is 8.76. The molecule has 0 atom stereocenters. The van der Waals surface area contributed by atoms with Crippen LogP contribution in [0, 0.1) is 0 Å². The minimum Gasteiger partial charge on any atom is -0.440 e. The molecule has 27 heavy (non-hydrogen) atoms. The van der Waals surface area contributed by atoms with Crippen molar-refractivity contribution in [3.63, 3.8) is 0 Å². The summed E-state index contributed by atoms with van der Waals surface area (Å²) in [5.74, 6) is -0.173. The molecule has 2 N–H and O–H groups in total. The third kappa shape index (κ3) is 6.26. The number of anilines is 2. The summed E-state index contributed by atoms with van der Waals surface area (Å²) < 4.78 is 80.7. The Morgan fingerprint density at radius 1 is 1.07 bits per heavy atom. The van der Waals surface area contributed by atoms with Crippen LogP contribution < -0.4 is 20.3 Å². The fourth-order valence-electron chi connectivity index (χ4n) is 2.29. The highest BCUT2D eigenvalue weighted by Gasteiger charge is 2.59. The van der Waals surface area contributed by atoms with Crippen LogP contribution in [-0.2, 0) is 0 Å². The average Bonchev–Trinajstić information content (AvgIpc) is 2.59. The van der Waals surface area contributed by atoms with Crippen molar-refractivity contribution < 1.29 is 31.1 Å². The van der Waals surface area contributed by atoms with E-state index in [0.717, 1.165) is 12.8 Å². The summed E-state index contributed by atoms with van der Waals surface area (Å²) >= 11 is 0. The Kier molecular flexibility index (Phi) is 6.89. The Hall–Kier alpha value is -2.05. The van der Waals surface area contributed by atoms with Gasteiger partial charge in [-0.3, -0.25) is 0 Å². The van der Waals surface area contributed by atoms with E-state index < -0.39 is 24.5 Å². The van der Waals surface area contributed by atoms with Gasteiger partial charge in [0.15, 0.2) is 0 Å². The standard InChI is InChI=1S/C14H20F6N6O/c1-2-3-4-22-10-23-11(26-7-5-21-6-8-26)25-12(24-10)27-9(13(15,16)17)14(18,19)20/h9,21H,2-8H2,1H3,(H,22,23,24,25). The number of halogens is 6. The van der Waals surface area contributed by atoms with E-state index in [1.807, 2.05) is 6.92 Å². The predicted octanol–water partition coefficient (Wildman–Crippen LogP) is 2.37. The Balaban J connectivity index is 2.30. The summed E-state index contributed by atoms with van der Waals surface area (Å²) in [6, 6.07) is -1.03. The van der Waals surface area contributed by atoms with Crippen LogP contribution in [-0.4, -0.2) is 66.1 Å². The first-order chi connectivity index (χ1) is 12.6. The van der Waals surface area contributed by atoms with Crippen molar-refractivity contribution in [2.45, 2.75) is 38.2 Å². The van der Waals surface area contributed by atoms with Crippen LogP contribution in [0.3, 0.4) is 0 Å². The molecule has 2 rings (SSSR count). The minimum atomic E-state index is -5.66. The van der Waals surface area contributed by atoms with Gasteiger partial charge in [-0.15, -0.1) is 0 Å². The van der Waals surface area contributed by atoms with Gasteiger partial charge in [0.25, 0.3) is 6.10 Å². The molecule has 1 aromatic rings. The maximum absolute atomic E-state index is 12.8. The van der Waals surface area contributed by atoms with Gasteiger partial charge in [0.1, 0.15) is 0 Å². The molecule has 1 aliphatic rings. The molecule has 0 saturated carbocycles. The lowest BCUT2D eigenvalue weighted by atomic mass is 10.3. The van der Waals surface area contributed by atoms with Gasteiger partial charge < -0.3 is 20.3 Å². The molecule has 0 aromatic carbocycles. The number of nitrogens with zero attached hydrogens (tertiary/aromatic N) is 4. The third-order valence-electron chi connectivity index (χ3n) is 3.63. The normalized spacial score (nSPS) is 15.9. The Morgan fingerprint density at radius 3 is 2.26 bits per heavy atom. The highest BCUT2D eigenvalue weighted by atomic mass is 19.4. The van der Waals surface area contributed by atoms with E-state index in [0.29, 0.717) is 32.7 Å². The van der Waals surface area contributed by atoms with Crippen LogP contribution in [0.15, 0.2) is 0 Å². The van der Waals surface area contributed by atoms with Crippen molar-refractivity contribution in [3.05, 3.63) is 0 Å². The van der Waals surface area contributed by atoms with E-state index in [2.05, 4.69) is 30.3 Å². The molecule has 1 saturated heterocycles. The molecule has 0 aliphatic carbocycles. The molecule has 0 radical (unpaired) electrons. The van der Waals surface area contributed by atoms with E-state index in [1.54, 1.807) is 4.90 Å². The first kappa shape index (κ1) is 21.3. The van der Waals surface area contributed by atoms with Crippen molar-refractivity contribution in [1.82, 2.24) is 20.3 Å². The van der Waals surface area contributed by atoms with Crippen LogP contribution in [0.2, 0.25) is 0 Å². The smallest absolute Gasteiger partial charge is 0.434 e. The van der Waals surface area contributed by atoms with Gasteiger partial charge >= 0.3 is 18.4 Å². The monoisotopic (exact) mass is 402 g/mol. The molecule has 0 amide bonds. The van der Waals surface area contributed by atoms with Crippen LogP contribution in [0.1, 0.15) is 19.8 Å². The lowest BCUT2D eigenvalue weighted by molar-refractivity contribution is -0.301. The number of hydrogen-bond donors (Lipinski definition) is 2. The molecular weight excluding hydrogens is 382 g/mol. The molecule has 0 spiro atoms.